The maximum absolute atomic E-state index is 10.2. The van der Waals surface area contributed by atoms with Gasteiger partial charge in [-0.3, -0.25) is 0 Å². The molecule has 0 aromatic carbocycles. The van der Waals surface area contributed by atoms with Crippen LogP contribution >= 0.6 is 0 Å². The summed E-state index contributed by atoms with van der Waals surface area (Å²) in [5, 5.41) is 2.94. The average Bonchev–Trinajstić information content (AvgIpc) is 1.88. The summed E-state index contributed by atoms with van der Waals surface area (Å²) in [6, 6.07) is 0. The van der Waals surface area contributed by atoms with Crippen molar-refractivity contribution in [1.29, 1.82) is 0 Å². The van der Waals surface area contributed by atoms with Gasteiger partial charge >= 0.3 is 0 Å². The van der Waals surface area contributed by atoms with Gasteiger partial charge < -0.3 is 10.1 Å². The first-order chi connectivity index (χ1) is 4.74. The number of carbonyl (C=O) groups excluding carboxylic acids is 1. The van der Waals surface area contributed by atoms with Crippen LogP contribution in [0, 0.1) is 0 Å². The fraction of sp³-hybridized carbons (Fsp3) is 0.714. The Balaban J connectivity index is 2.60. The summed E-state index contributed by atoms with van der Waals surface area (Å²) in [4.78, 5) is 10.2. The van der Waals surface area contributed by atoms with Gasteiger partial charge in [0.15, 0.2) is 0 Å². The summed E-state index contributed by atoms with van der Waals surface area (Å²) < 4.78 is 5.33. The van der Waals surface area contributed by atoms with Gasteiger partial charge in [0.25, 0.3) is 0 Å². The lowest BCUT2D eigenvalue weighted by Crippen LogP contribution is -2.40. The van der Waals surface area contributed by atoms with Gasteiger partial charge in [-0.1, -0.05) is 0 Å². The Kier molecular flexibility index (Phi) is 2.10. The second-order valence-corrected chi connectivity index (χ2v) is 2.49. The zero-order valence-electron chi connectivity index (χ0n) is 6.18. The third kappa shape index (κ3) is 1.38. The molecule has 1 heterocycles. The Hall–Kier alpha value is -0.790. The highest BCUT2D eigenvalue weighted by Crippen LogP contribution is 2.08. The molecule has 1 aliphatic rings. The Morgan fingerprint density at radius 3 is 2.90 bits per heavy atom. The molecule has 0 radical (unpaired) electrons. The lowest BCUT2D eigenvalue weighted by Gasteiger charge is -2.26. The van der Waals surface area contributed by atoms with E-state index in [2.05, 4.69) is 5.32 Å². The van der Waals surface area contributed by atoms with Crippen molar-refractivity contribution in [3.63, 3.8) is 0 Å². The minimum Gasteiger partial charge on any atom is -0.375 e. The molecule has 3 heteroatoms. The third-order valence-corrected chi connectivity index (χ3v) is 1.53. The lowest BCUT2D eigenvalue weighted by atomic mass is 10.2. The summed E-state index contributed by atoms with van der Waals surface area (Å²) >= 11 is 0. The fourth-order valence-electron chi connectivity index (χ4n) is 0.981. The van der Waals surface area contributed by atoms with E-state index in [0.717, 1.165) is 0 Å². The SMILES string of the molecule is CC1CNC(=C=O)C(C)O1. The molecule has 1 fully saturated rings. The molecule has 0 amide bonds. The smallest absolute Gasteiger partial charge is 0.148 e. The van der Waals surface area contributed by atoms with Gasteiger partial charge in [0.1, 0.15) is 17.7 Å². The molecule has 0 spiro atoms. The van der Waals surface area contributed by atoms with Crippen LogP contribution in [0.2, 0.25) is 0 Å². The van der Waals surface area contributed by atoms with Crippen molar-refractivity contribution < 1.29 is 9.53 Å². The normalized spacial score (nSPS) is 32.8. The first-order valence-electron chi connectivity index (χ1n) is 3.38. The third-order valence-electron chi connectivity index (χ3n) is 1.53. The molecule has 10 heavy (non-hydrogen) atoms. The molecule has 2 atom stereocenters. The molecule has 0 saturated carbocycles. The fourth-order valence-corrected chi connectivity index (χ4v) is 0.981. The van der Waals surface area contributed by atoms with Crippen molar-refractivity contribution in [2.75, 3.05) is 6.54 Å². The van der Waals surface area contributed by atoms with E-state index >= 15 is 0 Å². The molecule has 3 nitrogen and oxygen atoms in total. The summed E-state index contributed by atoms with van der Waals surface area (Å²) in [7, 11) is 0. The average molecular weight is 141 g/mol. The van der Waals surface area contributed by atoms with Gasteiger partial charge in [0, 0.05) is 6.54 Å². The highest BCUT2D eigenvalue weighted by atomic mass is 16.5. The van der Waals surface area contributed by atoms with Crippen LogP contribution in [0.1, 0.15) is 13.8 Å². The first kappa shape index (κ1) is 7.32. The van der Waals surface area contributed by atoms with Crippen LogP contribution in [0.4, 0.5) is 0 Å². The van der Waals surface area contributed by atoms with Gasteiger partial charge in [-0.2, -0.15) is 0 Å². The van der Waals surface area contributed by atoms with Crippen LogP contribution in [0.3, 0.4) is 0 Å². The van der Waals surface area contributed by atoms with Gasteiger partial charge in [0.05, 0.1) is 6.10 Å². The Labute approximate surface area is 60.1 Å². The molecule has 1 N–H and O–H groups in total. The number of ether oxygens (including phenoxy) is 1. The molecular weight excluding hydrogens is 130 g/mol. The lowest BCUT2D eigenvalue weighted by molar-refractivity contribution is 0.00587. The van der Waals surface area contributed by atoms with E-state index in [9.17, 15) is 4.79 Å². The van der Waals surface area contributed by atoms with Crippen LogP contribution in [-0.4, -0.2) is 24.7 Å². The zero-order valence-corrected chi connectivity index (χ0v) is 6.18. The van der Waals surface area contributed by atoms with Gasteiger partial charge in [-0.05, 0) is 13.8 Å². The highest BCUT2D eigenvalue weighted by Gasteiger charge is 2.19. The minimum atomic E-state index is -0.124. The van der Waals surface area contributed by atoms with Gasteiger partial charge in [-0.25, -0.2) is 4.79 Å². The van der Waals surface area contributed by atoms with E-state index in [1.807, 2.05) is 13.8 Å². The van der Waals surface area contributed by atoms with Crippen LogP contribution in [-0.2, 0) is 9.53 Å². The van der Waals surface area contributed by atoms with Crippen LogP contribution < -0.4 is 5.32 Å². The van der Waals surface area contributed by atoms with Crippen molar-refractivity contribution in [1.82, 2.24) is 5.32 Å². The van der Waals surface area contributed by atoms with Crippen LogP contribution in [0.15, 0.2) is 5.70 Å². The molecule has 0 aromatic rings. The minimum absolute atomic E-state index is 0.124. The molecule has 0 aromatic heterocycles. The molecule has 1 rings (SSSR count). The van der Waals surface area contributed by atoms with E-state index in [1.165, 1.54) is 0 Å². The van der Waals surface area contributed by atoms with E-state index in [0.29, 0.717) is 12.2 Å². The van der Waals surface area contributed by atoms with E-state index in [1.54, 1.807) is 5.94 Å². The summed E-state index contributed by atoms with van der Waals surface area (Å²) in [5.74, 6) is 1.80. The van der Waals surface area contributed by atoms with Crippen LogP contribution in [0.25, 0.3) is 0 Å². The zero-order chi connectivity index (χ0) is 7.56. The van der Waals surface area contributed by atoms with Crippen LogP contribution in [0.5, 0.6) is 0 Å². The summed E-state index contributed by atoms with van der Waals surface area (Å²) in [6.45, 7) is 4.50. The molecular formula is C7H11NO2. The first-order valence-corrected chi connectivity index (χ1v) is 3.38. The maximum Gasteiger partial charge on any atom is 0.148 e. The topological polar surface area (TPSA) is 38.3 Å². The number of hydrogen-bond acceptors (Lipinski definition) is 3. The Bertz CT molecular complexity index is 172. The number of rotatable bonds is 0. The predicted molar refractivity (Wildman–Crippen MR) is 37.2 cm³/mol. The van der Waals surface area contributed by atoms with E-state index in [-0.39, 0.29) is 12.2 Å². The maximum atomic E-state index is 10.2. The molecule has 56 valence electrons. The van der Waals surface area contributed by atoms with E-state index in [4.69, 9.17) is 4.74 Å². The molecule has 1 aliphatic heterocycles. The van der Waals surface area contributed by atoms with Crippen molar-refractivity contribution in [2.24, 2.45) is 0 Å². The number of hydrogen-bond donors (Lipinski definition) is 1. The standard InChI is InChI=1S/C7H11NO2/c1-5-3-8-7(4-9)6(2)10-5/h5-6,8H,3H2,1-2H3. The number of nitrogens with one attached hydrogen (secondary N) is 1. The van der Waals surface area contributed by atoms with Crippen molar-refractivity contribution >= 4 is 5.94 Å². The van der Waals surface area contributed by atoms with Gasteiger partial charge in [0.2, 0.25) is 0 Å². The van der Waals surface area contributed by atoms with E-state index < -0.39 is 0 Å². The van der Waals surface area contributed by atoms with Crippen molar-refractivity contribution in [2.45, 2.75) is 26.1 Å². The van der Waals surface area contributed by atoms with Crippen molar-refractivity contribution in [3.8, 4) is 0 Å². The monoisotopic (exact) mass is 141 g/mol. The largest absolute Gasteiger partial charge is 0.375 e. The van der Waals surface area contributed by atoms with Crippen molar-refractivity contribution in [3.05, 3.63) is 5.70 Å². The summed E-state index contributed by atoms with van der Waals surface area (Å²) in [6.07, 6.45) is 0.0633. The molecule has 0 aliphatic carbocycles. The Morgan fingerprint density at radius 2 is 2.40 bits per heavy atom. The Morgan fingerprint density at radius 1 is 1.70 bits per heavy atom. The predicted octanol–water partition coefficient (Wildman–Crippen LogP) is 0.0987. The summed E-state index contributed by atoms with van der Waals surface area (Å²) in [5.41, 5.74) is 0.526. The second kappa shape index (κ2) is 2.86. The van der Waals surface area contributed by atoms with Gasteiger partial charge in [-0.15, -0.1) is 0 Å². The quantitative estimate of drug-likeness (QED) is 0.486. The second-order valence-electron chi connectivity index (χ2n) is 2.49. The highest BCUT2D eigenvalue weighted by molar-refractivity contribution is 5.53. The molecule has 0 bridgehead atoms. The molecule has 2 unspecified atom stereocenters. The number of morpholine rings is 1. The molecule has 1 saturated heterocycles.